The summed E-state index contributed by atoms with van der Waals surface area (Å²) < 4.78 is 39.5. The van der Waals surface area contributed by atoms with E-state index in [-0.39, 0.29) is 16.8 Å². The van der Waals surface area contributed by atoms with Crippen molar-refractivity contribution in [3.63, 3.8) is 0 Å². The van der Waals surface area contributed by atoms with E-state index in [1.165, 1.54) is 19.3 Å². The van der Waals surface area contributed by atoms with Gasteiger partial charge in [-0.3, -0.25) is 4.79 Å². The van der Waals surface area contributed by atoms with Gasteiger partial charge in [0.15, 0.2) is 11.5 Å². The van der Waals surface area contributed by atoms with Crippen LogP contribution in [-0.4, -0.2) is 50.6 Å². The minimum Gasteiger partial charge on any atom is -0.490 e. The van der Waals surface area contributed by atoms with Crippen molar-refractivity contribution in [3.8, 4) is 11.5 Å². The van der Waals surface area contributed by atoms with Crippen LogP contribution < -0.4 is 14.2 Å². The summed E-state index contributed by atoms with van der Waals surface area (Å²) in [4.78, 5) is 15.1. The summed E-state index contributed by atoms with van der Waals surface area (Å²) >= 11 is 0. The molecule has 1 saturated heterocycles. The summed E-state index contributed by atoms with van der Waals surface area (Å²) in [7, 11) is -0.576. The van der Waals surface area contributed by atoms with Gasteiger partial charge in [-0.1, -0.05) is 6.07 Å². The molecule has 0 spiro atoms. The van der Waals surface area contributed by atoms with Gasteiger partial charge in [-0.25, -0.2) is 13.1 Å². The van der Waals surface area contributed by atoms with E-state index < -0.39 is 10.0 Å². The summed E-state index contributed by atoms with van der Waals surface area (Å²) in [6.07, 6.45) is 4.02. The lowest BCUT2D eigenvalue weighted by Crippen LogP contribution is -2.31. The Kier molecular flexibility index (Phi) is 5.26. The number of nitrogens with zero attached hydrogens (tertiary/aromatic N) is 2. The highest BCUT2D eigenvalue weighted by molar-refractivity contribution is 7.89. The van der Waals surface area contributed by atoms with E-state index in [1.807, 2.05) is 23.1 Å². The monoisotopic (exact) mass is 419 g/mol. The zero-order chi connectivity index (χ0) is 20.6. The van der Waals surface area contributed by atoms with Crippen LogP contribution in [0.5, 0.6) is 11.5 Å². The molecule has 29 heavy (non-hydrogen) atoms. The number of sulfonamides is 1. The predicted octanol–water partition coefficient (Wildman–Crippen LogP) is 2.07. The fourth-order valence-corrected chi connectivity index (χ4v) is 4.70. The van der Waals surface area contributed by atoms with Crippen molar-refractivity contribution in [1.82, 2.24) is 14.2 Å². The Labute approximate surface area is 170 Å². The van der Waals surface area contributed by atoms with Gasteiger partial charge in [-0.2, -0.15) is 0 Å². The first-order chi connectivity index (χ1) is 13.9. The summed E-state index contributed by atoms with van der Waals surface area (Å²) in [5, 5.41) is 0. The van der Waals surface area contributed by atoms with Crippen LogP contribution in [0.25, 0.3) is 0 Å². The first-order valence-corrected chi connectivity index (χ1v) is 11.2. The number of aromatic nitrogens is 1. The Bertz CT molecular complexity index is 1030. The molecule has 1 atom stereocenters. The van der Waals surface area contributed by atoms with Gasteiger partial charge in [0, 0.05) is 26.2 Å². The molecule has 0 saturated carbocycles. The number of carbonyl (C=O) groups is 1. The zero-order valence-electron chi connectivity index (χ0n) is 16.6. The van der Waals surface area contributed by atoms with E-state index in [1.54, 1.807) is 11.6 Å². The average Bonchev–Trinajstić information content (AvgIpc) is 3.28. The molecule has 0 aliphatic carbocycles. The minimum atomic E-state index is -3.61. The highest BCUT2D eigenvalue weighted by atomic mass is 32.2. The van der Waals surface area contributed by atoms with Crippen LogP contribution >= 0.6 is 0 Å². The van der Waals surface area contributed by atoms with E-state index in [0.717, 1.165) is 30.6 Å². The van der Waals surface area contributed by atoms with Gasteiger partial charge in [-0.05, 0) is 43.7 Å². The minimum absolute atomic E-state index is 0.0807. The maximum atomic E-state index is 13.3. The van der Waals surface area contributed by atoms with E-state index in [0.29, 0.717) is 31.2 Å². The SMILES string of the molecule is CNS(=O)(=O)c1cc(C(=O)N2CCC[C@@H]2c2ccc3c(c2)OCCCO3)n(C)c1. The summed E-state index contributed by atoms with van der Waals surface area (Å²) in [6, 6.07) is 7.18. The molecule has 0 unspecified atom stereocenters. The normalized spacial score (nSPS) is 19.2. The van der Waals surface area contributed by atoms with Gasteiger partial charge in [0.25, 0.3) is 5.91 Å². The Morgan fingerprint density at radius 1 is 1.14 bits per heavy atom. The lowest BCUT2D eigenvalue weighted by atomic mass is 10.0. The largest absolute Gasteiger partial charge is 0.490 e. The molecule has 1 aromatic heterocycles. The molecular formula is C20H25N3O5S. The number of carbonyl (C=O) groups excluding carboxylic acids is 1. The predicted molar refractivity (Wildman–Crippen MR) is 107 cm³/mol. The molecular weight excluding hydrogens is 394 g/mol. The van der Waals surface area contributed by atoms with Crippen LogP contribution in [0.3, 0.4) is 0 Å². The second kappa shape index (κ2) is 7.72. The Morgan fingerprint density at radius 3 is 2.66 bits per heavy atom. The number of benzene rings is 1. The molecule has 1 aromatic carbocycles. The molecule has 1 amide bonds. The molecule has 4 rings (SSSR count). The number of amides is 1. The third-order valence-corrected chi connectivity index (χ3v) is 6.83. The Hall–Kier alpha value is -2.52. The van der Waals surface area contributed by atoms with Crippen molar-refractivity contribution < 1.29 is 22.7 Å². The second-order valence-corrected chi connectivity index (χ2v) is 9.18. The molecule has 1 fully saturated rings. The Balaban J connectivity index is 1.62. The molecule has 156 valence electrons. The molecule has 2 aromatic rings. The van der Waals surface area contributed by atoms with Gasteiger partial charge >= 0.3 is 0 Å². The molecule has 0 radical (unpaired) electrons. The lowest BCUT2D eigenvalue weighted by Gasteiger charge is -2.26. The fraction of sp³-hybridized carbons (Fsp3) is 0.450. The van der Waals surface area contributed by atoms with Crippen molar-refractivity contribution in [1.29, 1.82) is 0 Å². The van der Waals surface area contributed by atoms with E-state index in [9.17, 15) is 13.2 Å². The smallest absolute Gasteiger partial charge is 0.271 e. The van der Waals surface area contributed by atoms with Crippen molar-refractivity contribution >= 4 is 15.9 Å². The third-order valence-electron chi connectivity index (χ3n) is 5.45. The van der Waals surface area contributed by atoms with Crippen LogP contribution in [0.1, 0.15) is 41.4 Å². The Morgan fingerprint density at radius 2 is 1.90 bits per heavy atom. The maximum Gasteiger partial charge on any atom is 0.271 e. The lowest BCUT2D eigenvalue weighted by molar-refractivity contribution is 0.0725. The molecule has 0 bridgehead atoms. The summed E-state index contributed by atoms with van der Waals surface area (Å²) in [5.74, 6) is 1.26. The van der Waals surface area contributed by atoms with Crippen LogP contribution in [0.2, 0.25) is 0 Å². The first-order valence-electron chi connectivity index (χ1n) is 9.71. The van der Waals surface area contributed by atoms with Crippen molar-refractivity contribution in [3.05, 3.63) is 41.7 Å². The van der Waals surface area contributed by atoms with Crippen molar-refractivity contribution in [2.45, 2.75) is 30.2 Å². The molecule has 1 N–H and O–H groups in total. The van der Waals surface area contributed by atoms with Gasteiger partial charge in [-0.15, -0.1) is 0 Å². The quantitative estimate of drug-likeness (QED) is 0.820. The van der Waals surface area contributed by atoms with Gasteiger partial charge in [0.2, 0.25) is 10.0 Å². The number of likely N-dealkylation sites (tertiary alicyclic amines) is 1. The standard InChI is InChI=1S/C20H25N3O5S/c1-21-29(25,26)15-12-17(22(2)13-15)20(24)23-8-3-5-16(23)14-6-7-18-19(11-14)28-10-4-9-27-18/h6-7,11-13,16,21H,3-5,8-10H2,1-2H3/t16-/m1/s1. The summed E-state index contributed by atoms with van der Waals surface area (Å²) in [6.45, 7) is 1.86. The number of aryl methyl sites for hydroxylation is 1. The van der Waals surface area contributed by atoms with Gasteiger partial charge < -0.3 is 18.9 Å². The van der Waals surface area contributed by atoms with Crippen LogP contribution in [0.4, 0.5) is 0 Å². The average molecular weight is 420 g/mol. The molecule has 2 aliphatic rings. The van der Waals surface area contributed by atoms with E-state index >= 15 is 0 Å². The zero-order valence-corrected chi connectivity index (χ0v) is 17.4. The second-order valence-electron chi connectivity index (χ2n) is 7.29. The number of hydrogen-bond donors (Lipinski definition) is 1. The molecule has 9 heteroatoms. The van der Waals surface area contributed by atoms with Gasteiger partial charge in [0.05, 0.1) is 19.3 Å². The van der Waals surface area contributed by atoms with Gasteiger partial charge in [0.1, 0.15) is 10.6 Å². The highest BCUT2D eigenvalue weighted by Gasteiger charge is 2.33. The van der Waals surface area contributed by atoms with Crippen LogP contribution in [0, 0.1) is 0 Å². The fourth-order valence-electron chi connectivity index (χ4n) is 3.90. The number of nitrogens with one attached hydrogen (secondary N) is 1. The van der Waals surface area contributed by atoms with Crippen molar-refractivity contribution in [2.75, 3.05) is 26.8 Å². The number of ether oxygens (including phenoxy) is 2. The molecule has 2 aliphatic heterocycles. The summed E-state index contributed by atoms with van der Waals surface area (Å²) in [5.41, 5.74) is 1.34. The number of hydrogen-bond acceptors (Lipinski definition) is 5. The number of fused-ring (bicyclic) bond motifs is 1. The number of rotatable bonds is 4. The molecule has 8 nitrogen and oxygen atoms in total. The van der Waals surface area contributed by atoms with Crippen molar-refractivity contribution in [2.24, 2.45) is 7.05 Å². The van der Waals surface area contributed by atoms with E-state index in [2.05, 4.69) is 4.72 Å². The topological polar surface area (TPSA) is 89.9 Å². The molecule has 3 heterocycles. The maximum absolute atomic E-state index is 13.3. The highest BCUT2D eigenvalue weighted by Crippen LogP contribution is 2.38. The van der Waals surface area contributed by atoms with Crippen LogP contribution in [-0.2, 0) is 17.1 Å². The third kappa shape index (κ3) is 3.72. The first kappa shape index (κ1) is 19.8. The van der Waals surface area contributed by atoms with E-state index in [4.69, 9.17) is 9.47 Å². The van der Waals surface area contributed by atoms with Crippen LogP contribution in [0.15, 0.2) is 35.4 Å².